The Morgan fingerprint density at radius 2 is 1.96 bits per heavy atom. The minimum Gasteiger partial charge on any atom is -0.490 e. The molecule has 0 N–H and O–H groups in total. The summed E-state index contributed by atoms with van der Waals surface area (Å²) in [5, 5.41) is 0. The van der Waals surface area contributed by atoms with E-state index in [0.717, 1.165) is 5.56 Å². The van der Waals surface area contributed by atoms with Crippen LogP contribution in [0.1, 0.15) is 28.4 Å². The van der Waals surface area contributed by atoms with Crippen LogP contribution in [0.15, 0.2) is 48.5 Å². The van der Waals surface area contributed by atoms with Gasteiger partial charge in [-0.3, -0.25) is 4.79 Å². The van der Waals surface area contributed by atoms with Crippen molar-refractivity contribution < 1.29 is 23.0 Å². The molecule has 0 saturated carbocycles. The zero-order valence-electron chi connectivity index (χ0n) is 13.5. The van der Waals surface area contributed by atoms with Gasteiger partial charge in [-0.2, -0.15) is 8.78 Å². The Bertz CT molecular complexity index is 739. The summed E-state index contributed by atoms with van der Waals surface area (Å²) in [6, 6.07) is 11.8. The lowest BCUT2D eigenvalue weighted by molar-refractivity contribution is -0.0514. The first-order valence-corrected chi connectivity index (χ1v) is 7.50. The van der Waals surface area contributed by atoms with Crippen LogP contribution >= 0.6 is 0 Å². The number of alkyl halides is 2. The van der Waals surface area contributed by atoms with E-state index in [0.29, 0.717) is 17.7 Å². The molecule has 0 saturated heterocycles. The van der Waals surface area contributed by atoms with E-state index in [1.807, 2.05) is 19.1 Å². The summed E-state index contributed by atoms with van der Waals surface area (Å²) in [6.45, 7) is 1.05. The maximum Gasteiger partial charge on any atom is 0.387 e. The molecule has 126 valence electrons. The standard InChI is InChI=1S/C19H18F2O3/c1-3-23-18-12-14(8-10-17(18)24-19(20)21)7-9-16(22)15-6-4-5-13(2)11-15/h4-12,19H,3H2,1-2H3. The number of aryl methyl sites for hydroxylation is 1. The van der Waals surface area contributed by atoms with Crippen molar-refractivity contribution in [3.05, 3.63) is 65.2 Å². The van der Waals surface area contributed by atoms with E-state index in [4.69, 9.17) is 4.74 Å². The minimum atomic E-state index is -2.92. The molecule has 24 heavy (non-hydrogen) atoms. The highest BCUT2D eigenvalue weighted by atomic mass is 19.3. The molecule has 5 heteroatoms. The third-order valence-corrected chi connectivity index (χ3v) is 3.21. The molecular formula is C19H18F2O3. The molecule has 0 heterocycles. The van der Waals surface area contributed by atoms with Crippen molar-refractivity contribution in [2.75, 3.05) is 6.61 Å². The Morgan fingerprint density at radius 1 is 1.17 bits per heavy atom. The highest BCUT2D eigenvalue weighted by molar-refractivity contribution is 6.06. The fraction of sp³-hybridized carbons (Fsp3) is 0.211. The van der Waals surface area contributed by atoms with E-state index in [2.05, 4.69) is 4.74 Å². The van der Waals surface area contributed by atoms with Gasteiger partial charge in [0.2, 0.25) is 0 Å². The second-order valence-electron chi connectivity index (χ2n) is 5.08. The first-order chi connectivity index (χ1) is 11.5. The SMILES string of the molecule is CCOc1cc(C=CC(=O)c2cccc(C)c2)ccc1OC(F)F. The van der Waals surface area contributed by atoms with Gasteiger partial charge in [0.25, 0.3) is 0 Å². The molecule has 0 aromatic heterocycles. The van der Waals surface area contributed by atoms with Gasteiger partial charge in [0.05, 0.1) is 6.61 Å². The minimum absolute atomic E-state index is 0.0333. The van der Waals surface area contributed by atoms with Gasteiger partial charge in [0.15, 0.2) is 17.3 Å². The second-order valence-corrected chi connectivity index (χ2v) is 5.08. The number of ether oxygens (including phenoxy) is 2. The maximum atomic E-state index is 12.4. The molecule has 0 spiro atoms. The number of carbonyl (C=O) groups is 1. The number of ketones is 1. The van der Waals surface area contributed by atoms with Gasteiger partial charge in [-0.05, 0) is 43.7 Å². The van der Waals surface area contributed by atoms with Crippen molar-refractivity contribution in [2.45, 2.75) is 20.5 Å². The summed E-state index contributed by atoms with van der Waals surface area (Å²) in [5.74, 6) is 0.0431. The molecule has 0 aliphatic heterocycles. The number of rotatable bonds is 7. The van der Waals surface area contributed by atoms with Gasteiger partial charge in [-0.15, -0.1) is 0 Å². The lowest BCUT2D eigenvalue weighted by atomic mass is 10.1. The van der Waals surface area contributed by atoms with E-state index in [1.54, 1.807) is 37.3 Å². The van der Waals surface area contributed by atoms with E-state index in [-0.39, 0.29) is 17.3 Å². The Morgan fingerprint density at radius 3 is 2.62 bits per heavy atom. The van der Waals surface area contributed by atoms with Gasteiger partial charge >= 0.3 is 6.61 Å². The Kier molecular flexibility index (Phi) is 6.07. The number of hydrogen-bond donors (Lipinski definition) is 0. The Labute approximate surface area is 139 Å². The lowest BCUT2D eigenvalue weighted by Gasteiger charge is -2.11. The van der Waals surface area contributed by atoms with E-state index < -0.39 is 6.61 Å². The highest BCUT2D eigenvalue weighted by Gasteiger charge is 2.11. The number of benzene rings is 2. The van der Waals surface area contributed by atoms with Crippen LogP contribution in [0.25, 0.3) is 6.08 Å². The predicted octanol–water partition coefficient (Wildman–Crippen LogP) is 4.89. The number of halogens is 2. The number of hydrogen-bond acceptors (Lipinski definition) is 3. The predicted molar refractivity (Wildman–Crippen MR) is 88.8 cm³/mol. The van der Waals surface area contributed by atoms with Crippen molar-refractivity contribution in [3.8, 4) is 11.5 Å². The average Bonchev–Trinajstić information content (AvgIpc) is 2.54. The van der Waals surface area contributed by atoms with Gasteiger partial charge in [-0.1, -0.05) is 35.9 Å². The van der Waals surface area contributed by atoms with Crippen molar-refractivity contribution in [2.24, 2.45) is 0 Å². The largest absolute Gasteiger partial charge is 0.490 e. The Hall–Kier alpha value is -2.69. The van der Waals surface area contributed by atoms with Crippen LogP contribution in [0.3, 0.4) is 0 Å². The molecule has 0 fully saturated rings. The summed E-state index contributed by atoms with van der Waals surface area (Å²) < 4.78 is 34.5. The summed E-state index contributed by atoms with van der Waals surface area (Å²) in [4.78, 5) is 12.2. The molecule has 0 aliphatic carbocycles. The van der Waals surface area contributed by atoms with Crippen LogP contribution in [0, 0.1) is 6.92 Å². The average molecular weight is 332 g/mol. The quantitative estimate of drug-likeness (QED) is 0.535. The molecule has 2 aromatic carbocycles. The zero-order valence-corrected chi connectivity index (χ0v) is 13.5. The first-order valence-electron chi connectivity index (χ1n) is 7.50. The van der Waals surface area contributed by atoms with Crippen LogP contribution in [0.5, 0.6) is 11.5 Å². The molecule has 0 atom stereocenters. The van der Waals surface area contributed by atoms with Gasteiger partial charge in [0.1, 0.15) is 0 Å². The van der Waals surface area contributed by atoms with Gasteiger partial charge in [0, 0.05) is 5.56 Å². The summed E-state index contributed by atoms with van der Waals surface area (Å²) in [5.41, 5.74) is 2.25. The van der Waals surface area contributed by atoms with E-state index in [9.17, 15) is 13.6 Å². The van der Waals surface area contributed by atoms with Crippen LogP contribution in [-0.4, -0.2) is 19.0 Å². The molecule has 0 unspecified atom stereocenters. The van der Waals surface area contributed by atoms with Gasteiger partial charge < -0.3 is 9.47 Å². The molecule has 0 bridgehead atoms. The van der Waals surface area contributed by atoms with Gasteiger partial charge in [-0.25, -0.2) is 0 Å². The van der Waals surface area contributed by atoms with Crippen LogP contribution in [0.4, 0.5) is 8.78 Å². The lowest BCUT2D eigenvalue weighted by Crippen LogP contribution is -2.04. The summed E-state index contributed by atoms with van der Waals surface area (Å²) in [7, 11) is 0. The third kappa shape index (κ3) is 4.91. The van der Waals surface area contributed by atoms with Crippen molar-refractivity contribution in [1.82, 2.24) is 0 Å². The van der Waals surface area contributed by atoms with Crippen molar-refractivity contribution in [3.63, 3.8) is 0 Å². The van der Waals surface area contributed by atoms with Crippen LogP contribution in [0.2, 0.25) is 0 Å². The van der Waals surface area contributed by atoms with Crippen LogP contribution < -0.4 is 9.47 Å². The van der Waals surface area contributed by atoms with Crippen molar-refractivity contribution >= 4 is 11.9 Å². The molecule has 2 rings (SSSR count). The monoisotopic (exact) mass is 332 g/mol. The zero-order chi connectivity index (χ0) is 17.5. The normalized spacial score (nSPS) is 11.0. The topological polar surface area (TPSA) is 35.5 Å². The first kappa shape index (κ1) is 17.7. The fourth-order valence-corrected chi connectivity index (χ4v) is 2.16. The van der Waals surface area contributed by atoms with Crippen molar-refractivity contribution in [1.29, 1.82) is 0 Å². The fourth-order valence-electron chi connectivity index (χ4n) is 2.16. The maximum absolute atomic E-state index is 12.4. The summed E-state index contributed by atoms with van der Waals surface area (Å²) in [6.07, 6.45) is 3.05. The number of carbonyl (C=O) groups excluding carboxylic acids is 1. The van der Waals surface area contributed by atoms with Crippen LogP contribution in [-0.2, 0) is 0 Å². The molecule has 0 radical (unpaired) electrons. The molecule has 0 amide bonds. The van der Waals surface area contributed by atoms with E-state index in [1.165, 1.54) is 12.1 Å². The number of allylic oxidation sites excluding steroid dienone is 1. The molecule has 3 nitrogen and oxygen atoms in total. The molecule has 2 aromatic rings. The molecule has 0 aliphatic rings. The third-order valence-electron chi connectivity index (χ3n) is 3.21. The smallest absolute Gasteiger partial charge is 0.387 e. The second kappa shape index (κ2) is 8.24. The highest BCUT2D eigenvalue weighted by Crippen LogP contribution is 2.30. The van der Waals surface area contributed by atoms with E-state index >= 15 is 0 Å². The molecular weight excluding hydrogens is 314 g/mol. The summed E-state index contributed by atoms with van der Waals surface area (Å²) >= 11 is 0. The Balaban J connectivity index is 2.19.